The average Bonchev–Trinajstić information content (AvgIpc) is 2.98. The molecule has 21 heavy (non-hydrogen) atoms. The first kappa shape index (κ1) is 15.3. The van der Waals surface area contributed by atoms with Crippen LogP contribution in [0.15, 0.2) is 58.0 Å². The molecule has 1 aromatic heterocycles. The molecule has 0 aliphatic heterocycles. The van der Waals surface area contributed by atoms with Crippen LogP contribution < -0.4 is 10.0 Å². The molecule has 0 fully saturated rings. The van der Waals surface area contributed by atoms with Crippen LogP contribution >= 0.6 is 0 Å². The zero-order valence-corrected chi connectivity index (χ0v) is 12.3. The van der Waals surface area contributed by atoms with Crippen LogP contribution in [0.4, 0.5) is 0 Å². The maximum absolute atomic E-state index is 12.1. The van der Waals surface area contributed by atoms with E-state index in [1.54, 1.807) is 30.3 Å². The molecule has 7 heteroatoms. The number of carbonyl (C=O) groups excluding carboxylic acids is 1. The molecular formula is C14H16N2O4S. The van der Waals surface area contributed by atoms with Crippen molar-refractivity contribution in [3.63, 3.8) is 0 Å². The lowest BCUT2D eigenvalue weighted by atomic mass is 10.3. The van der Waals surface area contributed by atoms with E-state index in [1.165, 1.54) is 25.3 Å². The SMILES string of the molecule is C[C@H](NS(=O)(=O)c1ccccc1)C(=O)NCc1ccco1. The fraction of sp³-hybridized carbons (Fsp3) is 0.214. The van der Waals surface area contributed by atoms with Gasteiger partial charge in [0.1, 0.15) is 5.76 Å². The number of amides is 1. The summed E-state index contributed by atoms with van der Waals surface area (Å²) in [6.07, 6.45) is 1.50. The molecule has 0 unspecified atom stereocenters. The van der Waals surface area contributed by atoms with Crippen LogP contribution in [0, 0.1) is 0 Å². The van der Waals surface area contributed by atoms with Gasteiger partial charge >= 0.3 is 0 Å². The van der Waals surface area contributed by atoms with Crippen molar-refractivity contribution in [2.75, 3.05) is 0 Å². The molecule has 0 radical (unpaired) electrons. The van der Waals surface area contributed by atoms with Gasteiger partial charge in [-0.15, -0.1) is 0 Å². The van der Waals surface area contributed by atoms with Crippen molar-refractivity contribution in [1.29, 1.82) is 0 Å². The fourth-order valence-electron chi connectivity index (χ4n) is 1.69. The van der Waals surface area contributed by atoms with E-state index in [0.29, 0.717) is 5.76 Å². The first-order chi connectivity index (χ1) is 9.99. The van der Waals surface area contributed by atoms with Crippen molar-refractivity contribution in [3.05, 3.63) is 54.5 Å². The second kappa shape index (κ2) is 6.55. The van der Waals surface area contributed by atoms with Gasteiger partial charge < -0.3 is 9.73 Å². The van der Waals surface area contributed by atoms with Crippen LogP contribution in [0.2, 0.25) is 0 Å². The Morgan fingerprint density at radius 3 is 2.52 bits per heavy atom. The standard InChI is InChI=1S/C14H16N2O4S/c1-11(14(17)15-10-12-6-5-9-20-12)16-21(18,19)13-7-3-2-4-8-13/h2-9,11,16H,10H2,1H3,(H,15,17)/t11-/m0/s1. The number of hydrogen-bond acceptors (Lipinski definition) is 4. The van der Waals surface area contributed by atoms with Gasteiger partial charge in [0.2, 0.25) is 15.9 Å². The van der Waals surface area contributed by atoms with Crippen LogP contribution in [0.25, 0.3) is 0 Å². The predicted molar refractivity (Wildman–Crippen MR) is 76.8 cm³/mol. The minimum absolute atomic E-state index is 0.121. The summed E-state index contributed by atoms with van der Waals surface area (Å²) in [6, 6.07) is 10.4. The Morgan fingerprint density at radius 2 is 1.90 bits per heavy atom. The topological polar surface area (TPSA) is 88.4 Å². The van der Waals surface area contributed by atoms with Gasteiger partial charge in [-0.2, -0.15) is 4.72 Å². The Labute approximate surface area is 123 Å². The lowest BCUT2D eigenvalue weighted by Gasteiger charge is -2.14. The van der Waals surface area contributed by atoms with E-state index >= 15 is 0 Å². The summed E-state index contributed by atoms with van der Waals surface area (Å²) >= 11 is 0. The third-order valence-electron chi connectivity index (χ3n) is 2.80. The molecule has 1 aromatic carbocycles. The van der Waals surface area contributed by atoms with Gasteiger partial charge in [-0.1, -0.05) is 18.2 Å². The van der Waals surface area contributed by atoms with Gasteiger partial charge in [0.25, 0.3) is 0 Å². The molecule has 0 spiro atoms. The normalized spacial score (nSPS) is 12.8. The summed E-state index contributed by atoms with van der Waals surface area (Å²) in [5, 5.41) is 2.60. The number of sulfonamides is 1. The van der Waals surface area contributed by atoms with Gasteiger partial charge in [-0.3, -0.25) is 4.79 Å². The lowest BCUT2D eigenvalue weighted by Crippen LogP contribution is -2.44. The summed E-state index contributed by atoms with van der Waals surface area (Å²) in [4.78, 5) is 12.0. The first-order valence-corrected chi connectivity index (χ1v) is 7.85. The Morgan fingerprint density at radius 1 is 1.19 bits per heavy atom. The second-order valence-corrected chi connectivity index (χ2v) is 6.17. The molecule has 2 aromatic rings. The largest absolute Gasteiger partial charge is 0.467 e. The Hall–Kier alpha value is -2.12. The van der Waals surface area contributed by atoms with Crippen molar-refractivity contribution in [3.8, 4) is 0 Å². The van der Waals surface area contributed by atoms with Crippen LogP contribution in [-0.2, 0) is 21.4 Å². The summed E-state index contributed by atoms with van der Waals surface area (Å²) < 4.78 is 31.6. The summed E-state index contributed by atoms with van der Waals surface area (Å²) in [5.74, 6) is 0.173. The van der Waals surface area contributed by atoms with E-state index in [1.807, 2.05) is 0 Å². The zero-order chi connectivity index (χ0) is 15.3. The van der Waals surface area contributed by atoms with Gasteiger partial charge in [0.15, 0.2) is 0 Å². The quantitative estimate of drug-likeness (QED) is 0.841. The number of furan rings is 1. The van der Waals surface area contributed by atoms with E-state index in [-0.39, 0.29) is 11.4 Å². The Bertz CT molecular complexity index is 681. The number of rotatable bonds is 6. The average molecular weight is 308 g/mol. The van der Waals surface area contributed by atoms with E-state index < -0.39 is 22.0 Å². The number of hydrogen-bond donors (Lipinski definition) is 2. The fourth-order valence-corrected chi connectivity index (χ4v) is 2.92. The highest BCUT2D eigenvalue weighted by molar-refractivity contribution is 7.89. The summed E-state index contributed by atoms with van der Waals surface area (Å²) in [6.45, 7) is 1.70. The second-order valence-electron chi connectivity index (χ2n) is 4.45. The van der Waals surface area contributed by atoms with E-state index in [0.717, 1.165) is 0 Å². The lowest BCUT2D eigenvalue weighted by molar-refractivity contribution is -0.122. The van der Waals surface area contributed by atoms with E-state index in [2.05, 4.69) is 10.0 Å². The van der Waals surface area contributed by atoms with E-state index in [4.69, 9.17) is 4.42 Å². The van der Waals surface area contributed by atoms with Crippen LogP contribution in [0.3, 0.4) is 0 Å². The van der Waals surface area contributed by atoms with Gasteiger partial charge in [0.05, 0.1) is 23.7 Å². The Kier molecular flexibility index (Phi) is 4.77. The molecule has 112 valence electrons. The number of benzene rings is 1. The molecular weight excluding hydrogens is 292 g/mol. The first-order valence-electron chi connectivity index (χ1n) is 6.36. The highest BCUT2D eigenvalue weighted by Crippen LogP contribution is 2.08. The summed E-state index contributed by atoms with van der Waals surface area (Å²) in [5.41, 5.74) is 0. The van der Waals surface area contributed by atoms with Crippen molar-refractivity contribution in [1.82, 2.24) is 10.0 Å². The molecule has 2 N–H and O–H groups in total. The molecule has 0 aliphatic carbocycles. The molecule has 1 heterocycles. The maximum Gasteiger partial charge on any atom is 0.241 e. The Balaban J connectivity index is 1.94. The van der Waals surface area contributed by atoms with E-state index in [9.17, 15) is 13.2 Å². The highest BCUT2D eigenvalue weighted by Gasteiger charge is 2.21. The molecule has 1 amide bonds. The number of nitrogens with one attached hydrogen (secondary N) is 2. The molecule has 0 saturated carbocycles. The minimum atomic E-state index is -3.71. The molecule has 0 bridgehead atoms. The van der Waals surface area contributed by atoms with Crippen LogP contribution in [0.5, 0.6) is 0 Å². The van der Waals surface area contributed by atoms with Crippen molar-refractivity contribution < 1.29 is 17.6 Å². The zero-order valence-electron chi connectivity index (χ0n) is 11.4. The molecule has 0 saturated heterocycles. The minimum Gasteiger partial charge on any atom is -0.467 e. The van der Waals surface area contributed by atoms with Crippen LogP contribution in [0.1, 0.15) is 12.7 Å². The van der Waals surface area contributed by atoms with Crippen LogP contribution in [-0.4, -0.2) is 20.4 Å². The van der Waals surface area contributed by atoms with Gasteiger partial charge in [0, 0.05) is 0 Å². The maximum atomic E-state index is 12.1. The third-order valence-corrected chi connectivity index (χ3v) is 4.35. The molecule has 6 nitrogen and oxygen atoms in total. The molecule has 0 aliphatic rings. The summed E-state index contributed by atoms with van der Waals surface area (Å²) in [7, 11) is -3.71. The highest BCUT2D eigenvalue weighted by atomic mass is 32.2. The molecule has 2 rings (SSSR count). The van der Waals surface area contributed by atoms with Crippen molar-refractivity contribution >= 4 is 15.9 Å². The van der Waals surface area contributed by atoms with Gasteiger partial charge in [-0.05, 0) is 31.2 Å². The van der Waals surface area contributed by atoms with Gasteiger partial charge in [-0.25, -0.2) is 8.42 Å². The van der Waals surface area contributed by atoms with Crippen molar-refractivity contribution in [2.45, 2.75) is 24.4 Å². The predicted octanol–water partition coefficient (Wildman–Crippen LogP) is 1.26. The monoisotopic (exact) mass is 308 g/mol. The smallest absolute Gasteiger partial charge is 0.241 e. The third kappa shape index (κ3) is 4.17. The molecule has 1 atom stereocenters. The number of carbonyl (C=O) groups is 1. The van der Waals surface area contributed by atoms with Crippen molar-refractivity contribution in [2.24, 2.45) is 0 Å².